The van der Waals surface area contributed by atoms with Gasteiger partial charge in [0.25, 0.3) is 11.5 Å². The van der Waals surface area contributed by atoms with Crippen LogP contribution < -0.4 is 25.1 Å². The SMILES string of the molecule is CCOc1cc(CNC(=O)c2cnc3scc(C)n3c2=O)cc(OCC)c1OCC. The number of carbonyl (C=O) groups is 1. The minimum atomic E-state index is -0.489. The molecule has 2 heterocycles. The summed E-state index contributed by atoms with van der Waals surface area (Å²) in [5.41, 5.74) is 1.12. The second-order valence-electron chi connectivity index (χ2n) is 6.38. The number of aromatic nitrogens is 2. The minimum Gasteiger partial charge on any atom is -0.490 e. The van der Waals surface area contributed by atoms with Crippen molar-refractivity contribution in [3.63, 3.8) is 0 Å². The standard InChI is InChI=1S/C21H25N3O5S/c1-5-27-16-8-14(9-17(28-6-2)18(16)29-7-3)10-22-19(25)15-11-23-21-24(20(15)26)13(4)12-30-21/h8-9,11-12H,5-7,10H2,1-4H3,(H,22,25). The van der Waals surface area contributed by atoms with Gasteiger partial charge in [-0.05, 0) is 45.4 Å². The second-order valence-corrected chi connectivity index (χ2v) is 7.21. The summed E-state index contributed by atoms with van der Waals surface area (Å²) >= 11 is 1.36. The van der Waals surface area contributed by atoms with Crippen LogP contribution in [0.5, 0.6) is 17.2 Å². The molecular formula is C21H25N3O5S. The summed E-state index contributed by atoms with van der Waals surface area (Å²) in [4.78, 5) is 30.1. The van der Waals surface area contributed by atoms with Crippen LogP contribution in [-0.4, -0.2) is 35.1 Å². The Morgan fingerprint density at radius 2 is 1.73 bits per heavy atom. The molecule has 0 spiro atoms. The largest absolute Gasteiger partial charge is 0.490 e. The van der Waals surface area contributed by atoms with Crippen LogP contribution in [0, 0.1) is 6.92 Å². The van der Waals surface area contributed by atoms with E-state index in [2.05, 4.69) is 10.3 Å². The van der Waals surface area contributed by atoms with E-state index in [1.165, 1.54) is 21.9 Å². The summed E-state index contributed by atoms with van der Waals surface area (Å²) in [6, 6.07) is 3.60. The van der Waals surface area contributed by atoms with Gasteiger partial charge >= 0.3 is 0 Å². The third-order valence-corrected chi connectivity index (χ3v) is 5.24. The zero-order valence-corrected chi connectivity index (χ0v) is 18.3. The molecule has 0 aliphatic carbocycles. The van der Waals surface area contributed by atoms with Gasteiger partial charge in [-0.15, -0.1) is 11.3 Å². The van der Waals surface area contributed by atoms with Crippen LogP contribution in [0.1, 0.15) is 42.4 Å². The Balaban J connectivity index is 1.85. The van der Waals surface area contributed by atoms with Gasteiger partial charge in [-0.3, -0.25) is 14.0 Å². The number of amides is 1. The van der Waals surface area contributed by atoms with E-state index in [-0.39, 0.29) is 17.7 Å². The van der Waals surface area contributed by atoms with Crippen molar-refractivity contribution in [3.8, 4) is 17.2 Å². The van der Waals surface area contributed by atoms with Gasteiger partial charge in [-0.1, -0.05) is 0 Å². The number of thiazole rings is 1. The number of fused-ring (bicyclic) bond motifs is 1. The molecule has 0 aliphatic heterocycles. The Morgan fingerprint density at radius 3 is 2.33 bits per heavy atom. The van der Waals surface area contributed by atoms with E-state index in [1.807, 2.05) is 26.2 Å². The molecule has 0 saturated heterocycles. The lowest BCUT2D eigenvalue weighted by Gasteiger charge is -2.17. The number of ether oxygens (including phenoxy) is 3. The van der Waals surface area contributed by atoms with Crippen molar-refractivity contribution in [1.82, 2.24) is 14.7 Å². The Hall–Kier alpha value is -3.07. The fourth-order valence-corrected chi connectivity index (χ4v) is 3.83. The van der Waals surface area contributed by atoms with Crippen LogP contribution in [0.15, 0.2) is 28.5 Å². The zero-order valence-electron chi connectivity index (χ0n) is 17.5. The van der Waals surface area contributed by atoms with E-state index < -0.39 is 5.91 Å². The molecule has 0 radical (unpaired) electrons. The van der Waals surface area contributed by atoms with Crippen molar-refractivity contribution >= 4 is 22.2 Å². The molecule has 0 saturated carbocycles. The second kappa shape index (κ2) is 9.62. The van der Waals surface area contributed by atoms with E-state index >= 15 is 0 Å². The maximum atomic E-state index is 12.7. The molecule has 1 aromatic carbocycles. The van der Waals surface area contributed by atoms with Gasteiger partial charge in [0.15, 0.2) is 16.5 Å². The third-order valence-electron chi connectivity index (χ3n) is 4.28. The van der Waals surface area contributed by atoms with E-state index in [0.29, 0.717) is 42.0 Å². The Bertz CT molecular complexity index is 1080. The molecule has 3 rings (SSSR count). The average Bonchev–Trinajstić information content (AvgIpc) is 3.11. The quantitative estimate of drug-likeness (QED) is 0.560. The van der Waals surface area contributed by atoms with Crippen LogP contribution >= 0.6 is 11.3 Å². The number of rotatable bonds is 9. The molecule has 30 heavy (non-hydrogen) atoms. The Labute approximate surface area is 178 Å². The van der Waals surface area contributed by atoms with Crippen LogP contribution in [0.25, 0.3) is 4.96 Å². The molecule has 160 valence electrons. The minimum absolute atomic E-state index is 0.00463. The Kier molecular flexibility index (Phi) is 6.94. The molecule has 0 bridgehead atoms. The zero-order chi connectivity index (χ0) is 21.7. The summed E-state index contributed by atoms with van der Waals surface area (Å²) in [6.45, 7) is 9.04. The van der Waals surface area contributed by atoms with Crippen molar-refractivity contribution < 1.29 is 19.0 Å². The first-order chi connectivity index (χ1) is 14.5. The average molecular weight is 432 g/mol. The lowest BCUT2D eigenvalue weighted by molar-refractivity contribution is 0.0948. The lowest BCUT2D eigenvalue weighted by atomic mass is 10.1. The fraction of sp³-hybridized carbons (Fsp3) is 0.381. The number of nitrogens with zero attached hydrogens (tertiary/aromatic N) is 2. The highest BCUT2D eigenvalue weighted by molar-refractivity contribution is 7.15. The highest BCUT2D eigenvalue weighted by Gasteiger charge is 2.18. The van der Waals surface area contributed by atoms with Crippen molar-refractivity contribution in [2.75, 3.05) is 19.8 Å². The number of hydrogen-bond donors (Lipinski definition) is 1. The fourth-order valence-electron chi connectivity index (χ4n) is 3.00. The van der Waals surface area contributed by atoms with Crippen molar-refractivity contribution in [2.24, 2.45) is 0 Å². The first-order valence-corrected chi connectivity index (χ1v) is 10.7. The van der Waals surface area contributed by atoms with E-state index in [9.17, 15) is 9.59 Å². The summed E-state index contributed by atoms with van der Waals surface area (Å²) in [6.07, 6.45) is 1.32. The lowest BCUT2D eigenvalue weighted by Crippen LogP contribution is -2.31. The first-order valence-electron chi connectivity index (χ1n) is 9.79. The molecule has 3 aromatic rings. The molecule has 1 N–H and O–H groups in total. The molecular weight excluding hydrogens is 406 g/mol. The predicted octanol–water partition coefficient (Wildman–Crippen LogP) is 3.19. The van der Waals surface area contributed by atoms with Crippen molar-refractivity contribution in [3.05, 3.63) is 50.9 Å². The van der Waals surface area contributed by atoms with Gasteiger partial charge in [0.2, 0.25) is 5.75 Å². The third kappa shape index (κ3) is 4.40. The van der Waals surface area contributed by atoms with Crippen LogP contribution in [0.2, 0.25) is 0 Å². The van der Waals surface area contributed by atoms with Gasteiger partial charge < -0.3 is 19.5 Å². The molecule has 0 atom stereocenters. The number of hydrogen-bond acceptors (Lipinski definition) is 7. The maximum Gasteiger partial charge on any atom is 0.271 e. The van der Waals surface area contributed by atoms with Crippen molar-refractivity contribution in [1.29, 1.82) is 0 Å². The van der Waals surface area contributed by atoms with Gasteiger partial charge in [0.05, 0.1) is 19.8 Å². The summed E-state index contributed by atoms with van der Waals surface area (Å²) in [7, 11) is 0. The number of aryl methyl sites for hydroxylation is 1. The Morgan fingerprint density at radius 1 is 1.10 bits per heavy atom. The molecule has 8 nitrogen and oxygen atoms in total. The van der Waals surface area contributed by atoms with Gasteiger partial charge in [-0.2, -0.15) is 0 Å². The van der Waals surface area contributed by atoms with Crippen LogP contribution in [0.3, 0.4) is 0 Å². The van der Waals surface area contributed by atoms with Gasteiger partial charge in [0, 0.05) is 23.8 Å². The monoisotopic (exact) mass is 431 g/mol. The number of nitrogens with one attached hydrogen (secondary N) is 1. The molecule has 9 heteroatoms. The van der Waals surface area contributed by atoms with E-state index in [1.54, 1.807) is 19.1 Å². The van der Waals surface area contributed by atoms with E-state index in [4.69, 9.17) is 14.2 Å². The van der Waals surface area contributed by atoms with E-state index in [0.717, 1.165) is 11.3 Å². The predicted molar refractivity (Wildman–Crippen MR) is 115 cm³/mol. The van der Waals surface area contributed by atoms with Crippen LogP contribution in [0.4, 0.5) is 0 Å². The molecule has 0 unspecified atom stereocenters. The topological polar surface area (TPSA) is 91.2 Å². The molecule has 1 amide bonds. The normalized spacial score (nSPS) is 10.8. The van der Waals surface area contributed by atoms with Gasteiger partial charge in [-0.25, -0.2) is 4.98 Å². The van der Waals surface area contributed by atoms with Gasteiger partial charge in [0.1, 0.15) is 5.56 Å². The number of carbonyl (C=O) groups excluding carboxylic acids is 1. The van der Waals surface area contributed by atoms with Crippen molar-refractivity contribution in [2.45, 2.75) is 34.2 Å². The summed E-state index contributed by atoms with van der Waals surface area (Å²) < 4.78 is 18.5. The van der Waals surface area contributed by atoms with Crippen LogP contribution in [-0.2, 0) is 6.54 Å². The molecule has 2 aromatic heterocycles. The first kappa shape index (κ1) is 21.6. The summed E-state index contributed by atoms with van der Waals surface area (Å²) in [5.74, 6) is 1.15. The molecule has 0 fully saturated rings. The summed E-state index contributed by atoms with van der Waals surface area (Å²) in [5, 5.41) is 4.61. The highest BCUT2D eigenvalue weighted by Crippen LogP contribution is 2.39. The maximum absolute atomic E-state index is 12.7. The molecule has 0 aliphatic rings. The smallest absolute Gasteiger partial charge is 0.271 e. The number of benzene rings is 1. The highest BCUT2D eigenvalue weighted by atomic mass is 32.1.